The van der Waals surface area contributed by atoms with Crippen LogP contribution < -0.4 is 10.2 Å². The van der Waals surface area contributed by atoms with Gasteiger partial charge in [-0.25, -0.2) is 4.98 Å². The minimum absolute atomic E-state index is 0.699. The molecule has 0 saturated heterocycles. The van der Waals surface area contributed by atoms with Gasteiger partial charge in [0, 0.05) is 42.3 Å². The number of benzene rings is 1. The fourth-order valence-electron chi connectivity index (χ4n) is 2.37. The summed E-state index contributed by atoms with van der Waals surface area (Å²) < 4.78 is 1.07. The van der Waals surface area contributed by atoms with Crippen molar-refractivity contribution in [2.24, 2.45) is 0 Å². The molecule has 1 aromatic carbocycles. The number of pyridine rings is 1. The van der Waals surface area contributed by atoms with E-state index in [1.54, 1.807) is 6.20 Å². The van der Waals surface area contributed by atoms with Gasteiger partial charge in [0.2, 0.25) is 5.95 Å². The second kappa shape index (κ2) is 8.07. The van der Waals surface area contributed by atoms with Crippen molar-refractivity contribution in [3.8, 4) is 0 Å². The average molecular weight is 398 g/mol. The highest BCUT2D eigenvalue weighted by atomic mass is 79.9. The SMILES string of the molecule is Cc1ccc(Nc2ccnc(N(C)CCc3ccncc3)n2)cc1Br. The first-order valence-electron chi connectivity index (χ1n) is 8.08. The molecule has 2 aromatic heterocycles. The maximum atomic E-state index is 4.61. The second-order valence-electron chi connectivity index (χ2n) is 5.86. The minimum atomic E-state index is 0.699. The molecule has 0 aliphatic carbocycles. The Balaban J connectivity index is 1.66. The van der Waals surface area contributed by atoms with E-state index in [0.717, 1.165) is 28.9 Å². The Bertz CT molecular complexity index is 838. The van der Waals surface area contributed by atoms with Crippen LogP contribution in [0, 0.1) is 6.92 Å². The van der Waals surface area contributed by atoms with Gasteiger partial charge in [-0.1, -0.05) is 22.0 Å². The fourth-order valence-corrected chi connectivity index (χ4v) is 2.75. The lowest BCUT2D eigenvalue weighted by molar-refractivity contribution is 0.837. The van der Waals surface area contributed by atoms with Crippen LogP contribution in [0.4, 0.5) is 17.5 Å². The van der Waals surface area contributed by atoms with E-state index in [-0.39, 0.29) is 0 Å². The Morgan fingerprint density at radius 1 is 1.08 bits per heavy atom. The van der Waals surface area contributed by atoms with Crippen LogP contribution in [0.15, 0.2) is 59.5 Å². The van der Waals surface area contributed by atoms with Crippen molar-refractivity contribution in [2.45, 2.75) is 13.3 Å². The molecule has 3 rings (SSSR count). The molecule has 0 fully saturated rings. The zero-order chi connectivity index (χ0) is 17.6. The van der Waals surface area contributed by atoms with Crippen LogP contribution in [0.5, 0.6) is 0 Å². The number of anilines is 3. The Morgan fingerprint density at radius 3 is 2.64 bits per heavy atom. The van der Waals surface area contributed by atoms with Crippen LogP contribution in [-0.2, 0) is 6.42 Å². The number of halogens is 1. The maximum Gasteiger partial charge on any atom is 0.227 e. The molecule has 0 amide bonds. The lowest BCUT2D eigenvalue weighted by atomic mass is 10.2. The summed E-state index contributed by atoms with van der Waals surface area (Å²) in [6, 6.07) is 12.1. The van der Waals surface area contributed by atoms with Crippen molar-refractivity contribution >= 4 is 33.4 Å². The minimum Gasteiger partial charge on any atom is -0.343 e. The number of rotatable bonds is 6. The number of nitrogens with one attached hydrogen (secondary N) is 1. The highest BCUT2D eigenvalue weighted by Crippen LogP contribution is 2.23. The van der Waals surface area contributed by atoms with Gasteiger partial charge in [0.25, 0.3) is 0 Å². The van der Waals surface area contributed by atoms with Gasteiger partial charge in [-0.2, -0.15) is 4.98 Å². The third-order valence-corrected chi connectivity index (χ3v) is 4.77. The topological polar surface area (TPSA) is 53.9 Å². The molecule has 128 valence electrons. The van der Waals surface area contributed by atoms with E-state index in [9.17, 15) is 0 Å². The highest BCUT2D eigenvalue weighted by molar-refractivity contribution is 9.10. The highest BCUT2D eigenvalue weighted by Gasteiger charge is 2.06. The average Bonchev–Trinajstić information content (AvgIpc) is 2.64. The Labute approximate surface area is 156 Å². The van der Waals surface area contributed by atoms with Crippen LogP contribution in [0.2, 0.25) is 0 Å². The van der Waals surface area contributed by atoms with E-state index in [1.165, 1.54) is 11.1 Å². The fraction of sp³-hybridized carbons (Fsp3) is 0.211. The van der Waals surface area contributed by atoms with E-state index in [0.29, 0.717) is 5.95 Å². The molecule has 0 unspecified atom stereocenters. The number of nitrogens with zero attached hydrogens (tertiary/aromatic N) is 4. The lowest BCUT2D eigenvalue weighted by Gasteiger charge is -2.17. The number of hydrogen-bond donors (Lipinski definition) is 1. The van der Waals surface area contributed by atoms with Gasteiger partial charge in [0.05, 0.1) is 0 Å². The number of aromatic nitrogens is 3. The number of likely N-dealkylation sites (N-methyl/N-ethyl adjacent to an activating group) is 1. The number of hydrogen-bond acceptors (Lipinski definition) is 5. The van der Waals surface area contributed by atoms with E-state index in [4.69, 9.17) is 0 Å². The van der Waals surface area contributed by atoms with Gasteiger partial charge in [0.15, 0.2) is 0 Å². The molecule has 1 N–H and O–H groups in total. The summed E-state index contributed by atoms with van der Waals surface area (Å²) in [6.07, 6.45) is 6.33. The van der Waals surface area contributed by atoms with Crippen molar-refractivity contribution < 1.29 is 0 Å². The summed E-state index contributed by atoms with van der Waals surface area (Å²) in [4.78, 5) is 15.1. The van der Waals surface area contributed by atoms with E-state index < -0.39 is 0 Å². The van der Waals surface area contributed by atoms with Gasteiger partial charge in [-0.05, 0) is 54.8 Å². The molecule has 5 nitrogen and oxygen atoms in total. The largest absolute Gasteiger partial charge is 0.343 e. The molecule has 0 atom stereocenters. The van der Waals surface area contributed by atoms with Crippen LogP contribution in [-0.4, -0.2) is 28.5 Å². The summed E-state index contributed by atoms with van der Waals surface area (Å²) in [5.41, 5.74) is 3.44. The predicted octanol–water partition coefficient (Wildman–Crippen LogP) is 4.37. The van der Waals surface area contributed by atoms with E-state index >= 15 is 0 Å². The van der Waals surface area contributed by atoms with Gasteiger partial charge in [0.1, 0.15) is 5.82 Å². The molecule has 6 heteroatoms. The summed E-state index contributed by atoms with van der Waals surface area (Å²) in [7, 11) is 2.00. The molecule has 0 bridgehead atoms. The third kappa shape index (κ3) is 4.76. The van der Waals surface area contributed by atoms with Gasteiger partial charge in [-0.15, -0.1) is 0 Å². The molecular weight excluding hydrogens is 378 g/mol. The van der Waals surface area contributed by atoms with Gasteiger partial charge < -0.3 is 10.2 Å². The van der Waals surface area contributed by atoms with Gasteiger partial charge >= 0.3 is 0 Å². The molecule has 0 spiro atoms. The van der Waals surface area contributed by atoms with Crippen molar-refractivity contribution in [2.75, 3.05) is 23.8 Å². The zero-order valence-corrected chi connectivity index (χ0v) is 15.9. The van der Waals surface area contributed by atoms with Crippen molar-refractivity contribution in [3.05, 3.63) is 70.6 Å². The zero-order valence-electron chi connectivity index (χ0n) is 14.3. The Morgan fingerprint density at radius 2 is 1.88 bits per heavy atom. The second-order valence-corrected chi connectivity index (χ2v) is 6.71. The van der Waals surface area contributed by atoms with Crippen LogP contribution >= 0.6 is 15.9 Å². The standard InChI is InChI=1S/C19H20BrN5/c1-14-3-4-16(13-17(14)20)23-18-7-11-22-19(24-18)25(2)12-8-15-5-9-21-10-6-15/h3-7,9-11,13H,8,12H2,1-2H3,(H,22,23,24). The summed E-state index contributed by atoms with van der Waals surface area (Å²) in [6.45, 7) is 2.90. The molecular formula is C19H20BrN5. The third-order valence-electron chi connectivity index (χ3n) is 3.91. The normalized spacial score (nSPS) is 10.5. The smallest absolute Gasteiger partial charge is 0.227 e. The Kier molecular flexibility index (Phi) is 5.60. The van der Waals surface area contributed by atoms with Crippen LogP contribution in [0.25, 0.3) is 0 Å². The first-order chi connectivity index (χ1) is 12.1. The van der Waals surface area contributed by atoms with Crippen LogP contribution in [0.3, 0.4) is 0 Å². The van der Waals surface area contributed by atoms with Crippen LogP contribution in [0.1, 0.15) is 11.1 Å². The quantitative estimate of drug-likeness (QED) is 0.669. The molecule has 25 heavy (non-hydrogen) atoms. The van der Waals surface area contributed by atoms with Gasteiger partial charge in [-0.3, -0.25) is 4.98 Å². The summed E-state index contributed by atoms with van der Waals surface area (Å²) >= 11 is 3.55. The Hall–Kier alpha value is -2.47. The number of aryl methyl sites for hydroxylation is 1. The molecule has 0 aliphatic heterocycles. The van der Waals surface area contributed by atoms with Crippen molar-refractivity contribution in [1.29, 1.82) is 0 Å². The first kappa shape index (κ1) is 17.4. The summed E-state index contributed by atoms with van der Waals surface area (Å²) in [5.74, 6) is 1.47. The first-order valence-corrected chi connectivity index (χ1v) is 8.87. The monoisotopic (exact) mass is 397 g/mol. The molecule has 0 saturated carbocycles. The molecule has 2 heterocycles. The predicted molar refractivity (Wildman–Crippen MR) is 105 cm³/mol. The molecule has 0 radical (unpaired) electrons. The molecule has 3 aromatic rings. The lowest BCUT2D eigenvalue weighted by Crippen LogP contribution is -2.22. The van der Waals surface area contributed by atoms with E-state index in [1.807, 2.05) is 49.8 Å². The molecule has 0 aliphatic rings. The summed E-state index contributed by atoms with van der Waals surface area (Å²) in [5, 5.41) is 3.32. The maximum absolute atomic E-state index is 4.61. The van der Waals surface area contributed by atoms with Crippen molar-refractivity contribution in [1.82, 2.24) is 15.0 Å². The van der Waals surface area contributed by atoms with Crippen molar-refractivity contribution in [3.63, 3.8) is 0 Å². The van der Waals surface area contributed by atoms with E-state index in [2.05, 4.69) is 54.1 Å².